The maximum atomic E-state index is 9.40. The first-order chi connectivity index (χ1) is 7.18. The molecule has 0 bridgehead atoms. The van der Waals surface area contributed by atoms with Gasteiger partial charge in [-0.2, -0.15) is 0 Å². The van der Waals surface area contributed by atoms with E-state index >= 15 is 0 Å². The van der Waals surface area contributed by atoms with Gasteiger partial charge in [-0.1, -0.05) is 0 Å². The van der Waals surface area contributed by atoms with Crippen LogP contribution in [0.2, 0.25) is 0 Å². The molecule has 15 heavy (non-hydrogen) atoms. The van der Waals surface area contributed by atoms with Crippen LogP contribution in [-0.4, -0.2) is 36.0 Å². The predicted molar refractivity (Wildman–Crippen MR) is 59.9 cm³/mol. The Hall–Kier alpha value is -0.120. The van der Waals surface area contributed by atoms with Gasteiger partial charge in [-0.15, -0.1) is 0 Å². The molecule has 88 valence electrons. The smallest absolute Gasteiger partial charge is 0.0779 e. The minimum Gasteiger partial charge on any atom is -0.393 e. The summed E-state index contributed by atoms with van der Waals surface area (Å²) in [7, 11) is 0. The Balaban J connectivity index is 1.69. The number of hydrogen-bond acceptors (Lipinski definition) is 3. The molecule has 3 heteroatoms. The Labute approximate surface area is 92.2 Å². The van der Waals surface area contributed by atoms with Crippen LogP contribution in [0.4, 0.5) is 0 Å². The van der Waals surface area contributed by atoms with Crippen molar-refractivity contribution in [3.63, 3.8) is 0 Å². The third-order valence-corrected chi connectivity index (χ3v) is 3.76. The summed E-state index contributed by atoms with van der Waals surface area (Å²) in [5.74, 6) is 0. The lowest BCUT2D eigenvalue weighted by Gasteiger charge is -2.30. The zero-order valence-corrected chi connectivity index (χ0v) is 9.67. The van der Waals surface area contributed by atoms with Gasteiger partial charge in [0.15, 0.2) is 0 Å². The van der Waals surface area contributed by atoms with E-state index in [0.29, 0.717) is 6.04 Å². The highest BCUT2D eigenvalue weighted by Crippen LogP contribution is 2.25. The van der Waals surface area contributed by atoms with Crippen molar-refractivity contribution in [2.75, 3.05) is 13.2 Å². The van der Waals surface area contributed by atoms with Gasteiger partial charge in [-0.05, 0) is 45.4 Å². The second-order valence-electron chi connectivity index (χ2n) is 5.29. The van der Waals surface area contributed by atoms with Crippen molar-refractivity contribution in [1.29, 1.82) is 0 Å². The Morgan fingerprint density at radius 2 is 2.07 bits per heavy atom. The molecule has 1 unspecified atom stereocenters. The number of hydrogen-bond donors (Lipinski definition) is 2. The van der Waals surface area contributed by atoms with E-state index in [4.69, 9.17) is 4.74 Å². The first-order valence-electron chi connectivity index (χ1n) is 6.23. The second-order valence-corrected chi connectivity index (χ2v) is 5.29. The van der Waals surface area contributed by atoms with Gasteiger partial charge in [-0.25, -0.2) is 0 Å². The monoisotopic (exact) mass is 213 g/mol. The summed E-state index contributed by atoms with van der Waals surface area (Å²) in [6.07, 6.45) is 6.44. The number of rotatable bonds is 3. The van der Waals surface area contributed by atoms with Crippen LogP contribution in [0.5, 0.6) is 0 Å². The van der Waals surface area contributed by atoms with Crippen LogP contribution >= 0.6 is 0 Å². The van der Waals surface area contributed by atoms with Crippen LogP contribution in [-0.2, 0) is 4.74 Å². The predicted octanol–water partition coefficient (Wildman–Crippen LogP) is 1.45. The summed E-state index contributed by atoms with van der Waals surface area (Å²) in [6.45, 7) is 4.08. The summed E-state index contributed by atoms with van der Waals surface area (Å²) >= 11 is 0. The van der Waals surface area contributed by atoms with Gasteiger partial charge in [-0.3, -0.25) is 0 Å². The van der Waals surface area contributed by atoms with E-state index in [9.17, 15) is 5.11 Å². The summed E-state index contributed by atoms with van der Waals surface area (Å²) in [5.41, 5.74) is 0.0655. The first kappa shape index (κ1) is 11.4. The van der Waals surface area contributed by atoms with Crippen molar-refractivity contribution in [3.8, 4) is 0 Å². The standard InChI is InChI=1S/C12H23NO2/c1-12(7-2-8-15-12)9-13-10-3-5-11(14)6-4-10/h10-11,13-14H,2-9H2,1H3. The number of ether oxygens (including phenoxy) is 1. The van der Waals surface area contributed by atoms with Crippen molar-refractivity contribution < 1.29 is 9.84 Å². The van der Waals surface area contributed by atoms with Crippen LogP contribution in [0.15, 0.2) is 0 Å². The Bertz CT molecular complexity index is 194. The number of nitrogens with one attached hydrogen (secondary N) is 1. The lowest BCUT2D eigenvalue weighted by molar-refractivity contribution is 0.0160. The molecule has 0 aromatic heterocycles. The molecule has 1 atom stereocenters. The average molecular weight is 213 g/mol. The molecule has 3 nitrogen and oxygen atoms in total. The van der Waals surface area contributed by atoms with Crippen LogP contribution in [0.1, 0.15) is 45.4 Å². The van der Waals surface area contributed by atoms with Crippen molar-refractivity contribution in [2.24, 2.45) is 0 Å². The van der Waals surface area contributed by atoms with E-state index in [1.807, 2.05) is 0 Å². The second kappa shape index (κ2) is 4.81. The quantitative estimate of drug-likeness (QED) is 0.745. The fourth-order valence-electron chi connectivity index (χ4n) is 2.62. The average Bonchev–Trinajstić information content (AvgIpc) is 2.65. The first-order valence-corrected chi connectivity index (χ1v) is 6.23. The maximum Gasteiger partial charge on any atom is 0.0779 e. The molecule has 1 saturated carbocycles. The minimum atomic E-state index is -0.0543. The van der Waals surface area contributed by atoms with Gasteiger partial charge in [0.1, 0.15) is 0 Å². The molecule has 2 N–H and O–H groups in total. The molecule has 0 amide bonds. The molecule has 2 aliphatic rings. The van der Waals surface area contributed by atoms with Gasteiger partial charge in [0.25, 0.3) is 0 Å². The van der Waals surface area contributed by atoms with E-state index in [-0.39, 0.29) is 11.7 Å². The van der Waals surface area contributed by atoms with E-state index in [0.717, 1.165) is 38.8 Å². The summed E-state index contributed by atoms with van der Waals surface area (Å²) in [5, 5.41) is 13.0. The number of aliphatic hydroxyl groups is 1. The van der Waals surface area contributed by atoms with Crippen LogP contribution in [0.3, 0.4) is 0 Å². The molecule has 0 aromatic rings. The van der Waals surface area contributed by atoms with Crippen molar-refractivity contribution in [3.05, 3.63) is 0 Å². The van der Waals surface area contributed by atoms with Gasteiger partial charge in [0.2, 0.25) is 0 Å². The fourth-order valence-corrected chi connectivity index (χ4v) is 2.62. The van der Waals surface area contributed by atoms with Crippen LogP contribution in [0.25, 0.3) is 0 Å². The highest BCUT2D eigenvalue weighted by Gasteiger charge is 2.30. The molecule has 0 aromatic carbocycles. The zero-order valence-electron chi connectivity index (χ0n) is 9.67. The normalized spacial score (nSPS) is 42.0. The highest BCUT2D eigenvalue weighted by atomic mass is 16.5. The van der Waals surface area contributed by atoms with E-state index in [2.05, 4.69) is 12.2 Å². The zero-order chi connectivity index (χ0) is 10.7. The third kappa shape index (κ3) is 3.16. The third-order valence-electron chi connectivity index (χ3n) is 3.76. The molecular formula is C12H23NO2. The Morgan fingerprint density at radius 3 is 2.67 bits per heavy atom. The van der Waals surface area contributed by atoms with E-state index in [1.54, 1.807) is 0 Å². The van der Waals surface area contributed by atoms with Crippen molar-refractivity contribution in [1.82, 2.24) is 5.32 Å². The van der Waals surface area contributed by atoms with Gasteiger partial charge < -0.3 is 15.2 Å². The fraction of sp³-hybridized carbons (Fsp3) is 1.00. The lowest BCUT2D eigenvalue weighted by Crippen LogP contribution is -2.43. The summed E-state index contributed by atoms with van der Waals surface area (Å²) < 4.78 is 5.74. The lowest BCUT2D eigenvalue weighted by atomic mass is 9.92. The molecule has 2 fully saturated rings. The summed E-state index contributed by atoms with van der Waals surface area (Å²) in [6, 6.07) is 0.592. The Kier molecular flexibility index (Phi) is 3.65. The molecule has 1 saturated heterocycles. The van der Waals surface area contributed by atoms with Gasteiger partial charge >= 0.3 is 0 Å². The SMILES string of the molecule is CC1(CNC2CCC(O)CC2)CCCO1. The highest BCUT2D eigenvalue weighted by molar-refractivity contribution is 4.85. The Morgan fingerprint density at radius 1 is 1.33 bits per heavy atom. The van der Waals surface area contributed by atoms with Gasteiger partial charge in [0, 0.05) is 19.2 Å². The largest absolute Gasteiger partial charge is 0.393 e. The molecule has 0 spiro atoms. The van der Waals surface area contributed by atoms with Gasteiger partial charge in [0.05, 0.1) is 11.7 Å². The molecule has 1 aliphatic heterocycles. The molecule has 2 rings (SSSR count). The summed E-state index contributed by atoms with van der Waals surface area (Å²) in [4.78, 5) is 0. The van der Waals surface area contributed by atoms with Crippen LogP contribution < -0.4 is 5.32 Å². The number of aliphatic hydroxyl groups excluding tert-OH is 1. The molecule has 0 radical (unpaired) electrons. The van der Waals surface area contributed by atoms with E-state index < -0.39 is 0 Å². The topological polar surface area (TPSA) is 41.5 Å². The minimum absolute atomic E-state index is 0.0543. The molecular weight excluding hydrogens is 190 g/mol. The van der Waals surface area contributed by atoms with E-state index in [1.165, 1.54) is 12.8 Å². The van der Waals surface area contributed by atoms with Crippen molar-refractivity contribution >= 4 is 0 Å². The molecule has 1 heterocycles. The van der Waals surface area contributed by atoms with Crippen molar-refractivity contribution in [2.45, 2.75) is 63.2 Å². The maximum absolute atomic E-state index is 9.40. The van der Waals surface area contributed by atoms with Crippen LogP contribution in [0, 0.1) is 0 Å². The molecule has 1 aliphatic carbocycles.